The number of fused-ring (bicyclic) bond motifs is 3. The van der Waals surface area contributed by atoms with E-state index in [0.717, 1.165) is 23.4 Å². The van der Waals surface area contributed by atoms with Crippen LogP contribution in [0.15, 0.2) is 64.6 Å². The lowest BCUT2D eigenvalue weighted by Gasteiger charge is -2.27. The quantitative estimate of drug-likeness (QED) is 0.776. The van der Waals surface area contributed by atoms with E-state index in [1.165, 1.54) is 11.8 Å². The molecule has 1 N–H and O–H groups in total. The molecule has 0 radical (unpaired) electrons. The van der Waals surface area contributed by atoms with Gasteiger partial charge in [-0.2, -0.15) is 0 Å². The first-order valence-corrected chi connectivity index (χ1v) is 11.0. The topological polar surface area (TPSA) is 74.1 Å². The second kappa shape index (κ2) is 8.44. The van der Waals surface area contributed by atoms with E-state index < -0.39 is 11.3 Å². The lowest BCUT2D eigenvalue weighted by atomic mass is 10.00. The Kier molecular flexibility index (Phi) is 5.72. The summed E-state index contributed by atoms with van der Waals surface area (Å²) in [5.41, 5.74) is 2.35. The van der Waals surface area contributed by atoms with Crippen LogP contribution in [0.2, 0.25) is 0 Å². The molecule has 2 aliphatic heterocycles. The van der Waals surface area contributed by atoms with Crippen molar-refractivity contribution in [2.45, 2.75) is 38.5 Å². The monoisotopic (exact) mass is 420 g/mol. The average molecular weight is 421 g/mol. The van der Waals surface area contributed by atoms with Crippen molar-refractivity contribution in [3.63, 3.8) is 0 Å². The standard InChI is InChI=1S/C23H24N4O2S/c1-4-14(2)19-22(29)27-20(26-19)17-12-8-9-13-18(17)25-23(27)30-15(3)21(28)24-16-10-6-5-7-11-16/h5-15,19H,4H2,1-3H3,(H,24,28)/t14-,15+,19+/m0/s1. The number of carbonyl (C=O) groups excluding carboxylic acids is 2. The lowest BCUT2D eigenvalue weighted by Crippen LogP contribution is -2.43. The van der Waals surface area contributed by atoms with E-state index in [1.807, 2.05) is 68.4 Å². The molecule has 2 aliphatic rings. The van der Waals surface area contributed by atoms with Gasteiger partial charge in [-0.05, 0) is 37.1 Å². The Labute approximate surface area is 180 Å². The summed E-state index contributed by atoms with van der Waals surface area (Å²) in [7, 11) is 0. The summed E-state index contributed by atoms with van der Waals surface area (Å²) >= 11 is 1.28. The Morgan fingerprint density at radius 2 is 1.83 bits per heavy atom. The van der Waals surface area contributed by atoms with Crippen LogP contribution in [0, 0.1) is 5.92 Å². The maximum absolute atomic E-state index is 13.2. The van der Waals surface area contributed by atoms with Crippen molar-refractivity contribution in [3.8, 4) is 0 Å². The van der Waals surface area contributed by atoms with E-state index in [0.29, 0.717) is 11.0 Å². The fourth-order valence-corrected chi connectivity index (χ4v) is 4.33. The maximum atomic E-state index is 13.2. The molecular weight excluding hydrogens is 396 g/mol. The number of amidine groups is 2. The van der Waals surface area contributed by atoms with Gasteiger partial charge in [0.25, 0.3) is 5.91 Å². The van der Waals surface area contributed by atoms with Crippen molar-refractivity contribution < 1.29 is 9.59 Å². The third-order valence-electron chi connectivity index (χ3n) is 5.37. The Hall–Kier alpha value is -2.93. The zero-order chi connectivity index (χ0) is 21.3. The van der Waals surface area contributed by atoms with Gasteiger partial charge in [-0.1, -0.05) is 62.4 Å². The molecule has 154 valence electrons. The molecule has 0 saturated carbocycles. The van der Waals surface area contributed by atoms with Crippen molar-refractivity contribution in [2.75, 3.05) is 5.32 Å². The van der Waals surface area contributed by atoms with Crippen LogP contribution >= 0.6 is 11.8 Å². The summed E-state index contributed by atoms with van der Waals surface area (Å²) in [5.74, 6) is 0.550. The van der Waals surface area contributed by atoms with Crippen LogP contribution in [0.4, 0.5) is 11.4 Å². The molecule has 0 spiro atoms. The third kappa shape index (κ3) is 3.77. The molecule has 0 aromatic heterocycles. The normalized spacial score (nSPS) is 19.4. The van der Waals surface area contributed by atoms with Gasteiger partial charge >= 0.3 is 0 Å². The highest BCUT2D eigenvalue weighted by Crippen LogP contribution is 2.36. The fourth-order valence-electron chi connectivity index (χ4n) is 3.42. The average Bonchev–Trinajstić information content (AvgIpc) is 3.11. The van der Waals surface area contributed by atoms with E-state index in [4.69, 9.17) is 9.98 Å². The first-order valence-electron chi connectivity index (χ1n) is 10.1. The number of hydrogen-bond acceptors (Lipinski definition) is 5. The van der Waals surface area contributed by atoms with Crippen molar-refractivity contribution in [1.29, 1.82) is 0 Å². The molecule has 0 bridgehead atoms. The van der Waals surface area contributed by atoms with Gasteiger partial charge in [0.2, 0.25) is 5.91 Å². The van der Waals surface area contributed by atoms with Gasteiger partial charge in [-0.3, -0.25) is 14.6 Å². The number of amides is 2. The Bertz CT molecular complexity index is 1030. The van der Waals surface area contributed by atoms with E-state index in [1.54, 1.807) is 4.90 Å². The second-order valence-electron chi connectivity index (χ2n) is 7.48. The number of hydrogen-bond donors (Lipinski definition) is 1. The molecule has 2 amide bonds. The number of rotatable bonds is 5. The van der Waals surface area contributed by atoms with Crippen LogP contribution in [0.5, 0.6) is 0 Å². The van der Waals surface area contributed by atoms with Gasteiger partial charge in [-0.15, -0.1) is 0 Å². The van der Waals surface area contributed by atoms with Crippen LogP contribution in [0.3, 0.4) is 0 Å². The number of nitrogens with zero attached hydrogens (tertiary/aromatic N) is 3. The van der Waals surface area contributed by atoms with Gasteiger partial charge in [0, 0.05) is 11.3 Å². The molecule has 3 atom stereocenters. The lowest BCUT2D eigenvalue weighted by molar-refractivity contribution is -0.125. The summed E-state index contributed by atoms with van der Waals surface area (Å²) < 4.78 is 0. The smallest absolute Gasteiger partial charge is 0.259 e. The highest BCUT2D eigenvalue weighted by Gasteiger charge is 2.43. The van der Waals surface area contributed by atoms with Gasteiger partial charge in [0.15, 0.2) is 5.17 Å². The molecule has 2 aromatic rings. The predicted molar refractivity (Wildman–Crippen MR) is 122 cm³/mol. The van der Waals surface area contributed by atoms with Crippen LogP contribution in [-0.2, 0) is 9.59 Å². The summed E-state index contributed by atoms with van der Waals surface area (Å²) in [5, 5.41) is 2.97. The number of thioether (sulfide) groups is 1. The summed E-state index contributed by atoms with van der Waals surface area (Å²) in [6, 6.07) is 16.6. The number of aliphatic imine (C=N–C) groups is 2. The molecule has 0 fully saturated rings. The van der Waals surface area contributed by atoms with Crippen molar-refractivity contribution >= 4 is 46.0 Å². The van der Waals surface area contributed by atoms with Crippen LogP contribution in [-0.4, -0.2) is 39.0 Å². The van der Waals surface area contributed by atoms with Gasteiger partial charge in [0.1, 0.15) is 11.9 Å². The number of carbonyl (C=O) groups is 2. The van der Waals surface area contributed by atoms with E-state index >= 15 is 0 Å². The minimum absolute atomic E-state index is 0.0734. The zero-order valence-corrected chi connectivity index (χ0v) is 18.0. The molecule has 0 unspecified atom stereocenters. The number of benzene rings is 2. The highest BCUT2D eigenvalue weighted by atomic mass is 32.2. The number of nitrogens with one attached hydrogen (secondary N) is 1. The van der Waals surface area contributed by atoms with E-state index in [-0.39, 0.29) is 17.7 Å². The molecular formula is C23H24N4O2S. The van der Waals surface area contributed by atoms with E-state index in [2.05, 4.69) is 12.2 Å². The first-order chi connectivity index (χ1) is 14.5. The molecule has 0 saturated heterocycles. The Morgan fingerprint density at radius 1 is 1.13 bits per heavy atom. The molecule has 7 heteroatoms. The van der Waals surface area contributed by atoms with Crippen molar-refractivity contribution in [2.24, 2.45) is 15.9 Å². The molecule has 30 heavy (non-hydrogen) atoms. The molecule has 0 aliphatic carbocycles. The van der Waals surface area contributed by atoms with E-state index in [9.17, 15) is 9.59 Å². The Balaban J connectivity index is 1.61. The van der Waals surface area contributed by atoms with Crippen LogP contribution in [0.1, 0.15) is 32.8 Å². The molecule has 4 rings (SSSR count). The molecule has 2 heterocycles. The highest BCUT2D eigenvalue weighted by molar-refractivity contribution is 8.15. The zero-order valence-electron chi connectivity index (χ0n) is 17.2. The largest absolute Gasteiger partial charge is 0.325 e. The van der Waals surface area contributed by atoms with Gasteiger partial charge in [0.05, 0.1) is 10.9 Å². The van der Waals surface area contributed by atoms with Gasteiger partial charge in [-0.25, -0.2) is 9.89 Å². The van der Waals surface area contributed by atoms with Gasteiger partial charge < -0.3 is 5.32 Å². The fraction of sp³-hybridized carbons (Fsp3) is 0.304. The van der Waals surface area contributed by atoms with Crippen molar-refractivity contribution in [3.05, 3.63) is 60.2 Å². The summed E-state index contributed by atoms with van der Waals surface area (Å²) in [6.45, 7) is 5.91. The summed E-state index contributed by atoms with van der Waals surface area (Å²) in [6.07, 6.45) is 0.859. The third-order valence-corrected chi connectivity index (χ3v) is 6.43. The number of para-hydroxylation sites is 2. The van der Waals surface area contributed by atoms with Crippen LogP contribution in [0.25, 0.3) is 0 Å². The van der Waals surface area contributed by atoms with Crippen molar-refractivity contribution in [1.82, 2.24) is 4.90 Å². The maximum Gasteiger partial charge on any atom is 0.259 e. The predicted octanol–water partition coefficient (Wildman–Crippen LogP) is 4.45. The first kappa shape index (κ1) is 20.3. The summed E-state index contributed by atoms with van der Waals surface area (Å²) in [4.78, 5) is 37.0. The number of anilines is 1. The second-order valence-corrected chi connectivity index (χ2v) is 8.79. The molecule has 2 aromatic carbocycles. The minimum Gasteiger partial charge on any atom is -0.325 e. The Morgan fingerprint density at radius 3 is 2.57 bits per heavy atom. The van der Waals surface area contributed by atoms with Crippen LogP contribution < -0.4 is 5.32 Å². The minimum atomic E-state index is -0.439. The SMILES string of the molecule is CC[C@H](C)[C@H]1N=C2c3ccccc3N=C(S[C@H](C)C(=O)Nc3ccccc3)N2C1=O. The molecule has 6 nitrogen and oxygen atoms in total.